The van der Waals surface area contributed by atoms with E-state index < -0.39 is 12.0 Å². The first kappa shape index (κ1) is 10.9. The molecule has 4 nitrogen and oxygen atoms in total. The maximum Gasteiger partial charge on any atom is 0.326 e. The van der Waals surface area contributed by atoms with Crippen molar-refractivity contribution >= 4 is 11.9 Å². The maximum absolute atomic E-state index is 10.6. The normalized spacial score (nSPS) is 14.9. The van der Waals surface area contributed by atoms with E-state index in [1.807, 2.05) is 6.92 Å². The summed E-state index contributed by atoms with van der Waals surface area (Å²) >= 11 is 0. The SMILES string of the molecule is CC[C@H](C)[C@H](NC(C)=O)C(=O)O. The molecule has 2 atom stereocenters. The van der Waals surface area contributed by atoms with Gasteiger partial charge in [0.15, 0.2) is 0 Å². The first-order valence-electron chi connectivity index (χ1n) is 3.99. The molecule has 0 spiro atoms. The van der Waals surface area contributed by atoms with Crippen molar-refractivity contribution in [3.05, 3.63) is 0 Å². The van der Waals surface area contributed by atoms with Gasteiger partial charge in [-0.1, -0.05) is 20.3 Å². The molecule has 0 fully saturated rings. The molecular weight excluding hydrogens is 158 g/mol. The summed E-state index contributed by atoms with van der Waals surface area (Å²) < 4.78 is 0. The topological polar surface area (TPSA) is 66.4 Å². The summed E-state index contributed by atoms with van der Waals surface area (Å²) in [6.45, 7) is 5.01. The van der Waals surface area contributed by atoms with Gasteiger partial charge in [0.25, 0.3) is 0 Å². The molecule has 1 amide bonds. The summed E-state index contributed by atoms with van der Waals surface area (Å²) in [6.07, 6.45) is 0.733. The Bertz CT molecular complexity index is 179. The van der Waals surface area contributed by atoms with Gasteiger partial charge in [-0.25, -0.2) is 4.79 Å². The van der Waals surface area contributed by atoms with Gasteiger partial charge < -0.3 is 10.4 Å². The minimum Gasteiger partial charge on any atom is -0.480 e. The van der Waals surface area contributed by atoms with Crippen LogP contribution in [0, 0.1) is 5.92 Å². The number of aliphatic carboxylic acids is 1. The van der Waals surface area contributed by atoms with Crippen LogP contribution >= 0.6 is 0 Å². The van der Waals surface area contributed by atoms with Crippen molar-refractivity contribution < 1.29 is 14.7 Å². The third-order valence-electron chi connectivity index (χ3n) is 1.84. The first-order chi connectivity index (χ1) is 5.49. The highest BCUT2D eigenvalue weighted by Gasteiger charge is 2.23. The van der Waals surface area contributed by atoms with Crippen LogP contribution in [0.25, 0.3) is 0 Å². The molecule has 0 unspecified atom stereocenters. The highest BCUT2D eigenvalue weighted by Crippen LogP contribution is 2.07. The molecule has 0 saturated carbocycles. The van der Waals surface area contributed by atoms with Crippen molar-refractivity contribution in [2.45, 2.75) is 33.2 Å². The minimum absolute atomic E-state index is 0.0357. The average molecular weight is 173 g/mol. The van der Waals surface area contributed by atoms with Gasteiger partial charge in [-0.15, -0.1) is 0 Å². The third kappa shape index (κ3) is 3.37. The van der Waals surface area contributed by atoms with Gasteiger partial charge in [0.05, 0.1) is 0 Å². The van der Waals surface area contributed by atoms with Crippen LogP contribution in [0.3, 0.4) is 0 Å². The van der Waals surface area contributed by atoms with Crippen molar-refractivity contribution in [3.63, 3.8) is 0 Å². The van der Waals surface area contributed by atoms with Gasteiger partial charge >= 0.3 is 5.97 Å². The van der Waals surface area contributed by atoms with Crippen molar-refractivity contribution in [2.24, 2.45) is 5.92 Å². The van der Waals surface area contributed by atoms with E-state index in [0.29, 0.717) is 0 Å². The van der Waals surface area contributed by atoms with E-state index in [1.54, 1.807) is 6.92 Å². The van der Waals surface area contributed by atoms with Gasteiger partial charge in [0.1, 0.15) is 6.04 Å². The molecule has 0 aromatic carbocycles. The standard InChI is InChI=1S/C8H15NO3/c1-4-5(2)7(8(11)12)9-6(3)10/h5,7H,4H2,1-3H3,(H,9,10)(H,11,12)/t5-,7-/m0/s1. The number of carboxylic acid groups (broad SMARTS) is 1. The van der Waals surface area contributed by atoms with Crippen LogP contribution < -0.4 is 5.32 Å². The number of hydrogen-bond acceptors (Lipinski definition) is 2. The van der Waals surface area contributed by atoms with Crippen LogP contribution in [0.15, 0.2) is 0 Å². The highest BCUT2D eigenvalue weighted by molar-refractivity contribution is 5.82. The molecule has 12 heavy (non-hydrogen) atoms. The lowest BCUT2D eigenvalue weighted by Crippen LogP contribution is -2.43. The Morgan fingerprint density at radius 2 is 2.00 bits per heavy atom. The predicted octanol–water partition coefficient (Wildman–Crippen LogP) is 0.622. The van der Waals surface area contributed by atoms with Crippen LogP contribution in [0.2, 0.25) is 0 Å². The van der Waals surface area contributed by atoms with Gasteiger partial charge in [-0.3, -0.25) is 4.79 Å². The number of carbonyl (C=O) groups is 2. The fourth-order valence-corrected chi connectivity index (χ4v) is 0.902. The van der Waals surface area contributed by atoms with Crippen molar-refractivity contribution in [1.82, 2.24) is 5.32 Å². The molecule has 0 radical (unpaired) electrons. The number of carboxylic acids is 1. The Morgan fingerprint density at radius 3 is 2.25 bits per heavy atom. The molecular formula is C8H15NO3. The zero-order chi connectivity index (χ0) is 9.72. The van der Waals surface area contributed by atoms with Crippen LogP contribution in [-0.4, -0.2) is 23.0 Å². The molecule has 70 valence electrons. The summed E-state index contributed by atoms with van der Waals surface area (Å²) in [5, 5.41) is 11.1. The van der Waals surface area contributed by atoms with E-state index in [9.17, 15) is 9.59 Å². The van der Waals surface area contributed by atoms with Crippen molar-refractivity contribution in [2.75, 3.05) is 0 Å². The second-order valence-electron chi connectivity index (χ2n) is 2.90. The van der Waals surface area contributed by atoms with E-state index >= 15 is 0 Å². The lowest BCUT2D eigenvalue weighted by atomic mass is 9.99. The Morgan fingerprint density at radius 1 is 1.50 bits per heavy atom. The fourth-order valence-electron chi connectivity index (χ4n) is 0.902. The number of rotatable bonds is 4. The highest BCUT2D eigenvalue weighted by atomic mass is 16.4. The number of amides is 1. The van der Waals surface area contributed by atoms with E-state index in [4.69, 9.17) is 5.11 Å². The molecule has 0 heterocycles. The molecule has 4 heteroatoms. The molecule has 0 aliphatic heterocycles. The zero-order valence-corrected chi connectivity index (χ0v) is 7.63. The summed E-state index contributed by atoms with van der Waals surface area (Å²) in [6, 6.07) is -0.757. The smallest absolute Gasteiger partial charge is 0.326 e. The van der Waals surface area contributed by atoms with Gasteiger partial charge in [-0.2, -0.15) is 0 Å². The van der Waals surface area contributed by atoms with Gasteiger partial charge in [0, 0.05) is 6.92 Å². The molecule has 0 rings (SSSR count). The zero-order valence-electron chi connectivity index (χ0n) is 7.63. The number of hydrogen-bond donors (Lipinski definition) is 2. The molecule has 0 aliphatic rings. The van der Waals surface area contributed by atoms with E-state index in [2.05, 4.69) is 5.32 Å². The fraction of sp³-hybridized carbons (Fsp3) is 0.750. The van der Waals surface area contributed by atoms with Gasteiger partial charge in [0.2, 0.25) is 5.91 Å². The van der Waals surface area contributed by atoms with Crippen LogP contribution in [-0.2, 0) is 9.59 Å². The maximum atomic E-state index is 10.6. The Labute approximate surface area is 72.0 Å². The number of nitrogens with one attached hydrogen (secondary N) is 1. The molecule has 0 aliphatic carbocycles. The van der Waals surface area contributed by atoms with Crippen LogP contribution in [0.4, 0.5) is 0 Å². The third-order valence-corrected chi connectivity index (χ3v) is 1.84. The summed E-state index contributed by atoms with van der Waals surface area (Å²) in [5.74, 6) is -1.31. The molecule has 0 bridgehead atoms. The Balaban J connectivity index is 4.22. The van der Waals surface area contributed by atoms with E-state index in [1.165, 1.54) is 6.92 Å². The average Bonchev–Trinajstić information content (AvgIpc) is 1.98. The lowest BCUT2D eigenvalue weighted by Gasteiger charge is -2.18. The molecule has 0 saturated heterocycles. The first-order valence-corrected chi connectivity index (χ1v) is 3.99. The molecule has 0 aromatic heterocycles. The van der Waals surface area contributed by atoms with E-state index in [0.717, 1.165) is 6.42 Å². The largest absolute Gasteiger partial charge is 0.480 e. The second kappa shape index (κ2) is 4.74. The van der Waals surface area contributed by atoms with Crippen LogP contribution in [0.5, 0.6) is 0 Å². The van der Waals surface area contributed by atoms with E-state index in [-0.39, 0.29) is 11.8 Å². The van der Waals surface area contributed by atoms with Crippen LogP contribution in [0.1, 0.15) is 27.2 Å². The van der Waals surface area contributed by atoms with Crippen molar-refractivity contribution in [3.8, 4) is 0 Å². The minimum atomic E-state index is -0.973. The summed E-state index contributed by atoms with van der Waals surface area (Å²) in [5.41, 5.74) is 0. The second-order valence-corrected chi connectivity index (χ2v) is 2.90. The number of carbonyl (C=O) groups excluding carboxylic acids is 1. The monoisotopic (exact) mass is 173 g/mol. The summed E-state index contributed by atoms with van der Waals surface area (Å²) in [4.78, 5) is 21.2. The van der Waals surface area contributed by atoms with Gasteiger partial charge in [-0.05, 0) is 5.92 Å². The molecule has 0 aromatic rings. The Kier molecular flexibility index (Phi) is 4.33. The quantitative estimate of drug-likeness (QED) is 0.655. The Hall–Kier alpha value is -1.06. The lowest BCUT2D eigenvalue weighted by molar-refractivity contribution is -0.143. The summed E-state index contributed by atoms with van der Waals surface area (Å²) in [7, 11) is 0. The molecule has 2 N–H and O–H groups in total. The predicted molar refractivity (Wildman–Crippen MR) is 44.7 cm³/mol. The van der Waals surface area contributed by atoms with Crippen molar-refractivity contribution in [1.29, 1.82) is 0 Å².